The van der Waals surface area contributed by atoms with Gasteiger partial charge < -0.3 is 10.1 Å². The fourth-order valence-electron chi connectivity index (χ4n) is 2.56. The summed E-state index contributed by atoms with van der Waals surface area (Å²) in [6.45, 7) is 2.32. The Hall–Kier alpha value is -1.31. The lowest BCUT2D eigenvalue weighted by Crippen LogP contribution is -2.38. The molecule has 3 heterocycles. The van der Waals surface area contributed by atoms with Crippen LogP contribution in [0.15, 0.2) is 0 Å². The Morgan fingerprint density at radius 1 is 1.42 bits per heavy atom. The Morgan fingerprint density at radius 3 is 2.84 bits per heavy atom. The number of hydrogen-bond acceptors (Lipinski definition) is 4. The Morgan fingerprint density at radius 2 is 2.21 bits per heavy atom. The minimum atomic E-state index is -4.31. The van der Waals surface area contributed by atoms with E-state index < -0.39 is 12.2 Å². The van der Waals surface area contributed by atoms with E-state index in [1.54, 1.807) is 6.92 Å². The van der Waals surface area contributed by atoms with E-state index in [0.717, 1.165) is 17.5 Å². The summed E-state index contributed by atoms with van der Waals surface area (Å²) in [4.78, 5) is 4.16. The highest BCUT2D eigenvalue weighted by atomic mass is 19.4. The molecule has 0 bridgehead atoms. The van der Waals surface area contributed by atoms with Crippen LogP contribution in [0.3, 0.4) is 0 Å². The maximum atomic E-state index is 13.0. The average Bonchev–Trinajstić information content (AvgIpc) is 2.93. The number of fused-ring (bicyclic) bond motifs is 1. The molecule has 0 aliphatic carbocycles. The van der Waals surface area contributed by atoms with Gasteiger partial charge in [0.25, 0.3) is 0 Å². The fraction of sp³-hybridized carbons (Fsp3) is 0.818. The first-order valence-corrected chi connectivity index (χ1v) is 6.36. The second kappa shape index (κ2) is 4.36. The topological polar surface area (TPSA) is 52.0 Å². The van der Waals surface area contributed by atoms with E-state index in [4.69, 9.17) is 4.74 Å². The molecule has 19 heavy (non-hydrogen) atoms. The molecule has 5 nitrogen and oxygen atoms in total. The number of hydrogen-bond donors (Lipinski definition) is 1. The number of ether oxygens (including phenoxy) is 1. The molecule has 0 saturated carbocycles. The summed E-state index contributed by atoms with van der Waals surface area (Å²) < 4.78 is 45.5. The number of anilines is 1. The first kappa shape index (κ1) is 12.7. The van der Waals surface area contributed by atoms with Gasteiger partial charge in [0.1, 0.15) is 6.10 Å². The van der Waals surface area contributed by atoms with Crippen LogP contribution in [0, 0.1) is 0 Å². The molecule has 0 radical (unpaired) electrons. The van der Waals surface area contributed by atoms with Crippen LogP contribution in [-0.4, -0.2) is 33.6 Å². The molecule has 1 fully saturated rings. The van der Waals surface area contributed by atoms with E-state index in [-0.39, 0.29) is 24.5 Å². The molecule has 2 aliphatic rings. The second-order valence-electron chi connectivity index (χ2n) is 5.08. The molecular weight excluding hydrogens is 261 g/mol. The minimum absolute atomic E-state index is 0.0369. The number of nitrogens with one attached hydrogen (secondary N) is 1. The quantitative estimate of drug-likeness (QED) is 0.856. The van der Waals surface area contributed by atoms with Crippen molar-refractivity contribution < 1.29 is 17.9 Å². The van der Waals surface area contributed by atoms with Crippen LogP contribution in [0.4, 0.5) is 19.1 Å². The summed E-state index contributed by atoms with van der Waals surface area (Å²) in [5.74, 6) is 0.537. The van der Waals surface area contributed by atoms with Gasteiger partial charge in [0.2, 0.25) is 5.95 Å². The van der Waals surface area contributed by atoms with Crippen molar-refractivity contribution in [3.05, 3.63) is 5.82 Å². The monoisotopic (exact) mass is 276 g/mol. The van der Waals surface area contributed by atoms with Gasteiger partial charge in [-0.15, -0.1) is 0 Å². The molecule has 0 aromatic carbocycles. The molecule has 106 valence electrons. The SMILES string of the molecule is CC1CC(C(F)(F)F)n2nc(C3CCCO3)nc2N1. The second-order valence-corrected chi connectivity index (χ2v) is 5.08. The maximum Gasteiger partial charge on any atom is 0.411 e. The van der Waals surface area contributed by atoms with Crippen molar-refractivity contribution in [2.45, 2.75) is 50.6 Å². The molecule has 8 heteroatoms. The third-order valence-corrected chi connectivity index (χ3v) is 3.49. The average molecular weight is 276 g/mol. The molecule has 1 aromatic rings. The first-order valence-electron chi connectivity index (χ1n) is 6.36. The molecule has 3 rings (SSSR count). The van der Waals surface area contributed by atoms with Crippen LogP contribution in [0.1, 0.15) is 44.2 Å². The predicted octanol–water partition coefficient (Wildman–Crippen LogP) is 2.44. The number of nitrogens with zero attached hydrogens (tertiary/aromatic N) is 3. The summed E-state index contributed by atoms with van der Waals surface area (Å²) in [7, 11) is 0. The van der Waals surface area contributed by atoms with Gasteiger partial charge in [-0.3, -0.25) is 0 Å². The standard InChI is InChI=1S/C11H15F3N4O/c1-6-5-8(11(12,13)14)18-10(15-6)16-9(17-18)7-3-2-4-19-7/h6-8H,2-5H2,1H3,(H,15,16,17). The molecule has 1 saturated heterocycles. The summed E-state index contributed by atoms with van der Waals surface area (Å²) >= 11 is 0. The largest absolute Gasteiger partial charge is 0.411 e. The van der Waals surface area contributed by atoms with Crippen molar-refractivity contribution in [3.8, 4) is 0 Å². The van der Waals surface area contributed by atoms with Crippen LogP contribution in [0.2, 0.25) is 0 Å². The Kier molecular flexibility index (Phi) is 2.92. The van der Waals surface area contributed by atoms with Crippen molar-refractivity contribution in [2.75, 3.05) is 11.9 Å². The third kappa shape index (κ3) is 2.29. The zero-order valence-electron chi connectivity index (χ0n) is 10.4. The lowest BCUT2D eigenvalue weighted by Gasteiger charge is -2.30. The number of alkyl halides is 3. The Bertz CT molecular complexity index is 467. The lowest BCUT2D eigenvalue weighted by molar-refractivity contribution is -0.173. The van der Waals surface area contributed by atoms with Crippen LogP contribution >= 0.6 is 0 Å². The molecular formula is C11H15F3N4O. The zero-order chi connectivity index (χ0) is 13.6. The zero-order valence-corrected chi connectivity index (χ0v) is 10.4. The van der Waals surface area contributed by atoms with Crippen molar-refractivity contribution in [1.29, 1.82) is 0 Å². The molecule has 0 spiro atoms. The van der Waals surface area contributed by atoms with Crippen molar-refractivity contribution in [2.24, 2.45) is 0 Å². The van der Waals surface area contributed by atoms with Crippen LogP contribution in [-0.2, 0) is 4.74 Å². The van der Waals surface area contributed by atoms with Gasteiger partial charge >= 0.3 is 6.18 Å². The minimum Gasteiger partial charge on any atom is -0.370 e. The number of halogens is 3. The molecule has 1 aromatic heterocycles. The highest BCUT2D eigenvalue weighted by Gasteiger charge is 2.46. The highest BCUT2D eigenvalue weighted by Crippen LogP contribution is 2.39. The van der Waals surface area contributed by atoms with Crippen LogP contribution in [0.25, 0.3) is 0 Å². The van der Waals surface area contributed by atoms with E-state index in [1.165, 1.54) is 0 Å². The highest BCUT2D eigenvalue weighted by molar-refractivity contribution is 5.31. The summed E-state index contributed by atoms with van der Waals surface area (Å²) in [6.07, 6.45) is -2.97. The molecule has 2 aliphatic heterocycles. The Balaban J connectivity index is 1.94. The Labute approximate surface area is 108 Å². The van der Waals surface area contributed by atoms with Crippen molar-refractivity contribution in [3.63, 3.8) is 0 Å². The number of aromatic nitrogens is 3. The van der Waals surface area contributed by atoms with E-state index in [0.29, 0.717) is 12.4 Å². The van der Waals surface area contributed by atoms with Crippen molar-refractivity contribution >= 4 is 5.95 Å². The van der Waals surface area contributed by atoms with Gasteiger partial charge in [0.15, 0.2) is 11.9 Å². The first-order chi connectivity index (χ1) is 8.95. The summed E-state index contributed by atoms with van der Waals surface area (Å²) in [5, 5.41) is 6.95. The van der Waals surface area contributed by atoms with E-state index in [2.05, 4.69) is 15.4 Å². The van der Waals surface area contributed by atoms with Crippen molar-refractivity contribution in [1.82, 2.24) is 14.8 Å². The van der Waals surface area contributed by atoms with Gasteiger partial charge in [-0.05, 0) is 26.2 Å². The van der Waals surface area contributed by atoms with Gasteiger partial charge in [-0.2, -0.15) is 23.3 Å². The van der Waals surface area contributed by atoms with Gasteiger partial charge in [0, 0.05) is 12.6 Å². The van der Waals surface area contributed by atoms with Crippen LogP contribution < -0.4 is 5.32 Å². The molecule has 3 atom stereocenters. The molecule has 1 N–H and O–H groups in total. The van der Waals surface area contributed by atoms with Gasteiger partial charge in [-0.25, -0.2) is 4.68 Å². The summed E-state index contributed by atoms with van der Waals surface area (Å²) in [6, 6.07) is -1.89. The number of rotatable bonds is 1. The fourth-order valence-corrected chi connectivity index (χ4v) is 2.56. The van der Waals surface area contributed by atoms with E-state index >= 15 is 0 Å². The normalized spacial score (nSPS) is 31.1. The summed E-state index contributed by atoms with van der Waals surface area (Å²) in [5.41, 5.74) is 0. The van der Waals surface area contributed by atoms with E-state index in [9.17, 15) is 13.2 Å². The van der Waals surface area contributed by atoms with Gasteiger partial charge in [-0.1, -0.05) is 0 Å². The third-order valence-electron chi connectivity index (χ3n) is 3.49. The van der Waals surface area contributed by atoms with Gasteiger partial charge in [0.05, 0.1) is 0 Å². The predicted molar refractivity (Wildman–Crippen MR) is 60.7 cm³/mol. The smallest absolute Gasteiger partial charge is 0.370 e. The molecule has 3 unspecified atom stereocenters. The maximum absolute atomic E-state index is 13.0. The van der Waals surface area contributed by atoms with E-state index in [1.807, 2.05) is 0 Å². The lowest BCUT2D eigenvalue weighted by atomic mass is 10.1. The molecule has 0 amide bonds. The van der Waals surface area contributed by atoms with Crippen LogP contribution in [0.5, 0.6) is 0 Å².